The Labute approximate surface area is 114 Å². The number of benzene rings is 2. The summed E-state index contributed by atoms with van der Waals surface area (Å²) in [6.07, 6.45) is 0.757. The number of hydrogen-bond acceptors (Lipinski definition) is 2. The molecular weight excluding hydrogens is 236 g/mol. The van der Waals surface area contributed by atoms with Gasteiger partial charge in [-0.15, -0.1) is 0 Å². The van der Waals surface area contributed by atoms with Crippen LogP contribution in [0.5, 0.6) is 0 Å². The van der Waals surface area contributed by atoms with E-state index in [0.29, 0.717) is 6.42 Å². The molecule has 0 aromatic heterocycles. The van der Waals surface area contributed by atoms with Crippen molar-refractivity contribution in [2.75, 3.05) is 6.61 Å². The Morgan fingerprint density at radius 1 is 0.842 bits per heavy atom. The molecular formula is C17H20O2. The average molecular weight is 256 g/mol. The second-order valence-electron chi connectivity index (χ2n) is 5.02. The van der Waals surface area contributed by atoms with E-state index in [9.17, 15) is 5.11 Å². The first-order chi connectivity index (χ1) is 9.17. The molecule has 0 radical (unpaired) electrons. The van der Waals surface area contributed by atoms with Gasteiger partial charge in [-0.25, -0.2) is 0 Å². The first kappa shape index (κ1) is 13.8. The van der Waals surface area contributed by atoms with Crippen molar-refractivity contribution in [1.29, 1.82) is 0 Å². The molecule has 1 unspecified atom stereocenters. The van der Waals surface area contributed by atoms with Crippen molar-refractivity contribution >= 4 is 0 Å². The van der Waals surface area contributed by atoms with E-state index in [4.69, 9.17) is 5.11 Å². The summed E-state index contributed by atoms with van der Waals surface area (Å²) in [4.78, 5) is 0. The van der Waals surface area contributed by atoms with Crippen LogP contribution in [0.25, 0.3) is 0 Å². The van der Waals surface area contributed by atoms with Gasteiger partial charge in [-0.3, -0.25) is 0 Å². The molecule has 2 aromatic rings. The Morgan fingerprint density at radius 2 is 1.32 bits per heavy atom. The molecule has 100 valence electrons. The highest BCUT2D eigenvalue weighted by Crippen LogP contribution is 2.12. The minimum Gasteiger partial charge on any atom is -0.394 e. The van der Waals surface area contributed by atoms with Gasteiger partial charge in [0, 0.05) is 6.42 Å². The van der Waals surface area contributed by atoms with Crippen LogP contribution in [0, 0.1) is 6.92 Å². The summed E-state index contributed by atoms with van der Waals surface area (Å²) in [7, 11) is 0. The first-order valence-corrected chi connectivity index (χ1v) is 6.59. The second kappa shape index (κ2) is 6.50. The van der Waals surface area contributed by atoms with Crippen LogP contribution in [0.15, 0.2) is 48.5 Å². The molecule has 2 aromatic carbocycles. The van der Waals surface area contributed by atoms with Crippen molar-refractivity contribution in [1.82, 2.24) is 0 Å². The molecule has 0 amide bonds. The van der Waals surface area contributed by atoms with Crippen molar-refractivity contribution < 1.29 is 10.2 Å². The predicted octanol–water partition coefficient (Wildman–Crippen LogP) is 2.48. The van der Waals surface area contributed by atoms with Gasteiger partial charge in [-0.05, 0) is 30.0 Å². The van der Waals surface area contributed by atoms with Gasteiger partial charge in [-0.1, -0.05) is 54.1 Å². The molecule has 0 bridgehead atoms. The summed E-state index contributed by atoms with van der Waals surface area (Å²) in [5.41, 5.74) is 4.88. The van der Waals surface area contributed by atoms with Crippen molar-refractivity contribution in [2.24, 2.45) is 0 Å². The summed E-state index contributed by atoms with van der Waals surface area (Å²) in [6.45, 7) is 1.90. The number of aliphatic hydroxyl groups is 2. The molecule has 0 heterocycles. The molecule has 2 rings (SSSR count). The SMILES string of the molecule is Cc1ccc(Cc2ccc(CC(O)CO)cc2)cc1. The Morgan fingerprint density at radius 3 is 1.84 bits per heavy atom. The van der Waals surface area contributed by atoms with Crippen LogP contribution in [-0.2, 0) is 12.8 Å². The fourth-order valence-corrected chi connectivity index (χ4v) is 2.07. The lowest BCUT2D eigenvalue weighted by molar-refractivity contribution is 0.0955. The largest absolute Gasteiger partial charge is 0.394 e. The van der Waals surface area contributed by atoms with Gasteiger partial charge in [0.25, 0.3) is 0 Å². The third-order valence-electron chi connectivity index (χ3n) is 3.23. The summed E-state index contributed by atoms with van der Waals surface area (Å²) >= 11 is 0. The molecule has 2 N–H and O–H groups in total. The Hall–Kier alpha value is -1.64. The molecule has 0 saturated heterocycles. The van der Waals surface area contributed by atoms with E-state index in [0.717, 1.165) is 12.0 Å². The third-order valence-corrected chi connectivity index (χ3v) is 3.23. The molecule has 0 fully saturated rings. The summed E-state index contributed by atoms with van der Waals surface area (Å²) < 4.78 is 0. The highest BCUT2D eigenvalue weighted by atomic mass is 16.3. The lowest BCUT2D eigenvalue weighted by atomic mass is 10.0. The number of aliphatic hydroxyl groups excluding tert-OH is 2. The lowest BCUT2D eigenvalue weighted by Crippen LogP contribution is -2.14. The number of rotatable bonds is 5. The van der Waals surface area contributed by atoms with Gasteiger partial charge in [0.1, 0.15) is 0 Å². The van der Waals surface area contributed by atoms with Gasteiger partial charge in [0.05, 0.1) is 12.7 Å². The minimum absolute atomic E-state index is 0.189. The topological polar surface area (TPSA) is 40.5 Å². The van der Waals surface area contributed by atoms with Crippen LogP contribution in [0.3, 0.4) is 0 Å². The maximum atomic E-state index is 9.39. The third kappa shape index (κ3) is 4.19. The molecule has 19 heavy (non-hydrogen) atoms. The van der Waals surface area contributed by atoms with Gasteiger partial charge in [0.15, 0.2) is 0 Å². The smallest absolute Gasteiger partial charge is 0.0811 e. The fraction of sp³-hybridized carbons (Fsp3) is 0.294. The number of hydrogen-bond donors (Lipinski definition) is 2. The highest BCUT2D eigenvalue weighted by Gasteiger charge is 2.03. The van der Waals surface area contributed by atoms with Crippen LogP contribution in [0.1, 0.15) is 22.3 Å². The molecule has 2 nitrogen and oxygen atoms in total. The van der Waals surface area contributed by atoms with E-state index in [1.165, 1.54) is 16.7 Å². The van der Waals surface area contributed by atoms with E-state index in [1.807, 2.05) is 12.1 Å². The van der Waals surface area contributed by atoms with Crippen molar-refractivity contribution in [3.05, 3.63) is 70.8 Å². The van der Waals surface area contributed by atoms with E-state index in [1.54, 1.807) is 0 Å². The monoisotopic (exact) mass is 256 g/mol. The second-order valence-corrected chi connectivity index (χ2v) is 5.02. The molecule has 1 atom stereocenters. The standard InChI is InChI=1S/C17H20O2/c1-13-2-4-14(5-3-13)10-15-6-8-16(9-7-15)11-17(19)12-18/h2-9,17-19H,10-12H2,1H3. The highest BCUT2D eigenvalue weighted by molar-refractivity contribution is 5.30. The van der Waals surface area contributed by atoms with Crippen molar-refractivity contribution in [3.8, 4) is 0 Å². The van der Waals surface area contributed by atoms with Gasteiger partial charge >= 0.3 is 0 Å². The molecule has 0 spiro atoms. The van der Waals surface area contributed by atoms with Gasteiger partial charge in [-0.2, -0.15) is 0 Å². The Balaban J connectivity index is 2.00. The van der Waals surface area contributed by atoms with Crippen LogP contribution in [-0.4, -0.2) is 22.9 Å². The fourth-order valence-electron chi connectivity index (χ4n) is 2.07. The quantitative estimate of drug-likeness (QED) is 0.863. The van der Waals surface area contributed by atoms with Crippen LogP contribution < -0.4 is 0 Å². The molecule has 0 aliphatic carbocycles. The summed E-state index contributed by atoms with van der Waals surface area (Å²) in [5, 5.41) is 18.2. The van der Waals surface area contributed by atoms with Crippen molar-refractivity contribution in [2.45, 2.75) is 25.9 Å². The zero-order chi connectivity index (χ0) is 13.7. The van der Waals surface area contributed by atoms with E-state index < -0.39 is 6.10 Å². The Bertz CT molecular complexity index is 500. The van der Waals surface area contributed by atoms with Crippen LogP contribution >= 0.6 is 0 Å². The van der Waals surface area contributed by atoms with Gasteiger partial charge < -0.3 is 10.2 Å². The number of aryl methyl sites for hydroxylation is 1. The maximum Gasteiger partial charge on any atom is 0.0811 e. The molecule has 0 aliphatic rings. The predicted molar refractivity (Wildman–Crippen MR) is 77.2 cm³/mol. The van der Waals surface area contributed by atoms with E-state index in [-0.39, 0.29) is 6.61 Å². The lowest BCUT2D eigenvalue weighted by Gasteiger charge is -2.08. The van der Waals surface area contributed by atoms with E-state index in [2.05, 4.69) is 43.3 Å². The van der Waals surface area contributed by atoms with E-state index >= 15 is 0 Å². The van der Waals surface area contributed by atoms with Gasteiger partial charge in [0.2, 0.25) is 0 Å². The van der Waals surface area contributed by atoms with Crippen LogP contribution in [0.4, 0.5) is 0 Å². The van der Waals surface area contributed by atoms with Crippen LogP contribution in [0.2, 0.25) is 0 Å². The molecule has 2 heteroatoms. The Kier molecular flexibility index (Phi) is 4.72. The summed E-state index contributed by atoms with van der Waals surface area (Å²) in [6, 6.07) is 16.8. The summed E-state index contributed by atoms with van der Waals surface area (Å²) in [5.74, 6) is 0. The minimum atomic E-state index is -0.664. The molecule has 0 saturated carbocycles. The first-order valence-electron chi connectivity index (χ1n) is 6.59. The average Bonchev–Trinajstić information content (AvgIpc) is 2.43. The molecule has 0 aliphatic heterocycles. The van der Waals surface area contributed by atoms with Crippen molar-refractivity contribution in [3.63, 3.8) is 0 Å². The zero-order valence-electron chi connectivity index (χ0n) is 11.2. The zero-order valence-corrected chi connectivity index (χ0v) is 11.2. The maximum absolute atomic E-state index is 9.39. The normalized spacial score (nSPS) is 12.4.